The van der Waals surface area contributed by atoms with E-state index in [-0.39, 0.29) is 11.9 Å². The van der Waals surface area contributed by atoms with Crippen LogP contribution in [0.25, 0.3) is 0 Å². The van der Waals surface area contributed by atoms with Crippen molar-refractivity contribution in [3.8, 4) is 0 Å². The van der Waals surface area contributed by atoms with E-state index in [2.05, 4.69) is 9.98 Å². The molecule has 0 bridgehead atoms. The molecule has 0 aliphatic carbocycles. The van der Waals surface area contributed by atoms with Crippen molar-refractivity contribution in [3.05, 3.63) is 59.1 Å². The molecule has 5 nitrogen and oxygen atoms in total. The van der Waals surface area contributed by atoms with Gasteiger partial charge in [0.1, 0.15) is 0 Å². The molecule has 0 heterocycles. The van der Waals surface area contributed by atoms with Gasteiger partial charge in [0.25, 0.3) is 0 Å². The minimum absolute atomic E-state index is 0.0274. The summed E-state index contributed by atoms with van der Waals surface area (Å²) in [6.45, 7) is 0. The number of hydrogen-bond acceptors (Lipinski definition) is 2. The molecule has 7 heteroatoms. The van der Waals surface area contributed by atoms with Crippen LogP contribution < -0.4 is 17.2 Å². The Morgan fingerprint density at radius 1 is 1.00 bits per heavy atom. The minimum atomic E-state index is -0.118. The summed E-state index contributed by atoms with van der Waals surface area (Å²) in [5.74, 6) is 0.707. The van der Waals surface area contributed by atoms with E-state index in [9.17, 15) is 0 Å². The highest BCUT2D eigenvalue weighted by atomic mass is 35.5. The first-order valence-corrected chi connectivity index (χ1v) is 7.81. The number of hydrogen-bond donors (Lipinski definition) is 3. The molecule has 0 unspecified atom stereocenters. The standard InChI is InChI=1S/C15H16ClN5S/c16-11-7-5-10(6-8-11)9-22-13-4-2-1-3-12(13)20-15(19)21-14(17)18/h1-8H,9H2,(H6,17,18,19,20,21). The zero-order valence-electron chi connectivity index (χ0n) is 11.7. The predicted molar refractivity (Wildman–Crippen MR) is 94.5 cm³/mol. The van der Waals surface area contributed by atoms with E-state index in [0.29, 0.717) is 0 Å². The van der Waals surface area contributed by atoms with Crippen molar-refractivity contribution >= 4 is 41.0 Å². The summed E-state index contributed by atoms with van der Waals surface area (Å²) in [4.78, 5) is 8.94. The van der Waals surface area contributed by atoms with Crippen LogP contribution in [-0.2, 0) is 5.75 Å². The smallest absolute Gasteiger partial charge is 0.223 e. The summed E-state index contributed by atoms with van der Waals surface area (Å²) in [6, 6.07) is 15.4. The third kappa shape index (κ3) is 4.98. The molecule has 0 aromatic heterocycles. The molecule has 0 aliphatic heterocycles. The van der Waals surface area contributed by atoms with E-state index >= 15 is 0 Å². The number of thioether (sulfide) groups is 1. The van der Waals surface area contributed by atoms with E-state index in [4.69, 9.17) is 28.8 Å². The van der Waals surface area contributed by atoms with Crippen LogP contribution in [0.5, 0.6) is 0 Å². The molecule has 0 saturated carbocycles. The van der Waals surface area contributed by atoms with Gasteiger partial charge in [0.2, 0.25) is 5.96 Å². The van der Waals surface area contributed by atoms with Crippen molar-refractivity contribution < 1.29 is 0 Å². The first-order chi connectivity index (χ1) is 10.5. The third-order valence-electron chi connectivity index (χ3n) is 2.65. The second-order valence-corrected chi connectivity index (χ2v) is 5.84. The Balaban J connectivity index is 2.14. The fourth-order valence-corrected chi connectivity index (χ4v) is 2.77. The molecule has 0 radical (unpaired) electrons. The van der Waals surface area contributed by atoms with E-state index in [0.717, 1.165) is 21.4 Å². The number of nitrogens with zero attached hydrogens (tertiary/aromatic N) is 2. The van der Waals surface area contributed by atoms with E-state index in [1.165, 1.54) is 5.56 Å². The second-order valence-electron chi connectivity index (χ2n) is 4.39. The summed E-state index contributed by atoms with van der Waals surface area (Å²) in [5.41, 5.74) is 18.1. The highest BCUT2D eigenvalue weighted by Crippen LogP contribution is 2.31. The number of nitrogens with two attached hydrogens (primary N) is 3. The van der Waals surface area contributed by atoms with Crippen LogP contribution in [0.3, 0.4) is 0 Å². The lowest BCUT2D eigenvalue weighted by molar-refractivity contribution is 1.31. The van der Waals surface area contributed by atoms with Crippen molar-refractivity contribution in [2.75, 3.05) is 0 Å². The Morgan fingerprint density at radius 2 is 1.68 bits per heavy atom. The first-order valence-electron chi connectivity index (χ1n) is 6.44. The highest BCUT2D eigenvalue weighted by Gasteiger charge is 2.03. The maximum Gasteiger partial charge on any atom is 0.223 e. The summed E-state index contributed by atoms with van der Waals surface area (Å²) >= 11 is 7.53. The topological polar surface area (TPSA) is 103 Å². The Morgan fingerprint density at radius 3 is 2.36 bits per heavy atom. The molecular formula is C15H16ClN5S. The molecule has 0 fully saturated rings. The molecule has 2 aromatic rings. The van der Waals surface area contributed by atoms with E-state index in [1.807, 2.05) is 48.5 Å². The molecule has 0 saturated heterocycles. The Labute approximate surface area is 138 Å². The van der Waals surface area contributed by atoms with Crippen molar-refractivity contribution in [2.24, 2.45) is 27.2 Å². The number of benzene rings is 2. The molecule has 2 rings (SSSR count). The Hall–Kier alpha value is -2.18. The normalized spacial score (nSPS) is 11.2. The lowest BCUT2D eigenvalue weighted by atomic mass is 10.2. The van der Waals surface area contributed by atoms with Gasteiger partial charge in [-0.15, -0.1) is 11.8 Å². The van der Waals surface area contributed by atoms with Crippen molar-refractivity contribution in [2.45, 2.75) is 10.6 Å². The highest BCUT2D eigenvalue weighted by molar-refractivity contribution is 7.98. The van der Waals surface area contributed by atoms with Gasteiger partial charge in [0, 0.05) is 15.7 Å². The maximum absolute atomic E-state index is 5.88. The molecule has 6 N–H and O–H groups in total. The first kappa shape index (κ1) is 16.2. The van der Waals surface area contributed by atoms with Gasteiger partial charge in [-0.3, -0.25) is 0 Å². The third-order valence-corrected chi connectivity index (χ3v) is 4.04. The SMILES string of the molecule is NC(N)=NC(N)=Nc1ccccc1SCc1ccc(Cl)cc1. The van der Waals surface area contributed by atoms with Crippen molar-refractivity contribution in [1.82, 2.24) is 0 Å². The monoisotopic (exact) mass is 333 g/mol. The van der Waals surface area contributed by atoms with Crippen molar-refractivity contribution in [3.63, 3.8) is 0 Å². The van der Waals surface area contributed by atoms with Gasteiger partial charge in [0.15, 0.2) is 5.96 Å². The van der Waals surface area contributed by atoms with Gasteiger partial charge in [-0.05, 0) is 29.8 Å². The van der Waals surface area contributed by atoms with Crippen LogP contribution in [0.2, 0.25) is 5.02 Å². The summed E-state index contributed by atoms with van der Waals surface area (Å²) in [7, 11) is 0. The van der Waals surface area contributed by atoms with Gasteiger partial charge in [-0.1, -0.05) is 35.9 Å². The minimum Gasteiger partial charge on any atom is -0.370 e. The molecule has 22 heavy (non-hydrogen) atoms. The van der Waals surface area contributed by atoms with Gasteiger partial charge >= 0.3 is 0 Å². The second kappa shape index (κ2) is 7.72. The molecular weight excluding hydrogens is 318 g/mol. The molecule has 0 spiro atoms. The van der Waals surface area contributed by atoms with Gasteiger partial charge < -0.3 is 17.2 Å². The fraction of sp³-hybridized carbons (Fsp3) is 0.0667. The number of aliphatic imine (C=N–C) groups is 2. The molecule has 2 aromatic carbocycles. The van der Waals surface area contributed by atoms with E-state index < -0.39 is 0 Å². The lowest BCUT2D eigenvalue weighted by Crippen LogP contribution is -2.26. The Kier molecular flexibility index (Phi) is 5.68. The zero-order valence-corrected chi connectivity index (χ0v) is 13.3. The van der Waals surface area contributed by atoms with Gasteiger partial charge in [-0.2, -0.15) is 4.99 Å². The fourth-order valence-electron chi connectivity index (χ4n) is 1.69. The summed E-state index contributed by atoms with van der Waals surface area (Å²) in [5, 5.41) is 0.726. The number of halogens is 1. The number of rotatable bonds is 4. The maximum atomic E-state index is 5.88. The Bertz CT molecular complexity index is 693. The largest absolute Gasteiger partial charge is 0.370 e. The lowest BCUT2D eigenvalue weighted by Gasteiger charge is -2.06. The quantitative estimate of drug-likeness (QED) is 0.454. The average molecular weight is 334 g/mol. The van der Waals surface area contributed by atoms with Crippen LogP contribution in [0, 0.1) is 0 Å². The van der Waals surface area contributed by atoms with Gasteiger partial charge in [0.05, 0.1) is 5.69 Å². The van der Waals surface area contributed by atoms with Crippen molar-refractivity contribution in [1.29, 1.82) is 0 Å². The van der Waals surface area contributed by atoms with E-state index in [1.54, 1.807) is 11.8 Å². The number of guanidine groups is 2. The average Bonchev–Trinajstić information content (AvgIpc) is 2.47. The summed E-state index contributed by atoms with van der Waals surface area (Å²) in [6.07, 6.45) is 0. The molecule has 114 valence electrons. The molecule has 0 aliphatic rings. The molecule has 0 amide bonds. The van der Waals surface area contributed by atoms with Crippen LogP contribution in [-0.4, -0.2) is 11.9 Å². The van der Waals surface area contributed by atoms with Crippen LogP contribution >= 0.6 is 23.4 Å². The predicted octanol–water partition coefficient (Wildman–Crippen LogP) is 2.85. The van der Waals surface area contributed by atoms with Crippen LogP contribution in [0.4, 0.5) is 5.69 Å². The van der Waals surface area contributed by atoms with Gasteiger partial charge in [-0.25, -0.2) is 4.99 Å². The zero-order chi connectivity index (χ0) is 15.9. The molecule has 0 atom stereocenters. The number of para-hydroxylation sites is 1. The summed E-state index contributed by atoms with van der Waals surface area (Å²) < 4.78 is 0. The van der Waals surface area contributed by atoms with Crippen LogP contribution in [0.1, 0.15) is 5.56 Å². The van der Waals surface area contributed by atoms with Crippen LogP contribution in [0.15, 0.2) is 63.4 Å².